The first-order valence-corrected chi connectivity index (χ1v) is 4.25. The number of methoxy groups -OCH3 is 1. The van der Waals surface area contributed by atoms with Gasteiger partial charge in [-0.15, -0.1) is 11.6 Å². The summed E-state index contributed by atoms with van der Waals surface area (Å²) < 4.78 is 30.7. The number of carbonyl (C=O) groups is 1. The lowest BCUT2D eigenvalue weighted by Crippen LogP contribution is -2.06. The van der Waals surface area contributed by atoms with E-state index >= 15 is 0 Å². The minimum atomic E-state index is -0.889. The Labute approximate surface area is 84.4 Å². The number of rotatable bonds is 3. The molecule has 1 aromatic carbocycles. The van der Waals surface area contributed by atoms with Crippen molar-refractivity contribution in [3.8, 4) is 5.75 Å². The molecular formula is C9H7ClF2O2. The third-order valence-electron chi connectivity index (χ3n) is 1.65. The zero-order valence-electron chi connectivity index (χ0n) is 7.31. The van der Waals surface area contributed by atoms with E-state index in [9.17, 15) is 13.6 Å². The molecule has 0 unspecified atom stereocenters. The topological polar surface area (TPSA) is 26.3 Å². The molecule has 0 aliphatic heterocycles. The van der Waals surface area contributed by atoms with Crippen molar-refractivity contribution in [2.24, 2.45) is 0 Å². The van der Waals surface area contributed by atoms with Crippen molar-refractivity contribution in [2.45, 2.75) is 0 Å². The van der Waals surface area contributed by atoms with E-state index in [0.29, 0.717) is 0 Å². The highest BCUT2D eigenvalue weighted by molar-refractivity contribution is 6.30. The van der Waals surface area contributed by atoms with Crippen molar-refractivity contribution < 1.29 is 18.3 Å². The highest BCUT2D eigenvalue weighted by atomic mass is 35.5. The Bertz CT molecular complexity index is 366. The average Bonchev–Trinajstić information content (AvgIpc) is 2.19. The zero-order valence-corrected chi connectivity index (χ0v) is 8.07. The van der Waals surface area contributed by atoms with Gasteiger partial charge in [-0.2, -0.15) is 0 Å². The largest absolute Gasteiger partial charge is 0.494 e. The molecule has 5 heteroatoms. The quantitative estimate of drug-likeness (QED) is 0.578. The predicted octanol–water partition coefficient (Wildman–Crippen LogP) is 2.39. The lowest BCUT2D eigenvalue weighted by molar-refractivity contribution is 0.101. The number of hydrogen-bond donors (Lipinski definition) is 0. The minimum Gasteiger partial charge on any atom is -0.494 e. The SMILES string of the molecule is COc1cc(F)cc(C(=O)CCl)c1F. The maximum absolute atomic E-state index is 13.3. The van der Waals surface area contributed by atoms with Gasteiger partial charge in [-0.05, 0) is 6.07 Å². The standard InChI is InChI=1S/C9H7ClF2O2/c1-14-8-3-5(11)2-6(9(8)12)7(13)4-10/h2-3H,4H2,1H3. The second-order valence-corrected chi connectivity index (χ2v) is 2.79. The van der Waals surface area contributed by atoms with E-state index in [4.69, 9.17) is 11.6 Å². The Balaban J connectivity index is 3.29. The highest BCUT2D eigenvalue weighted by Gasteiger charge is 2.16. The number of carbonyl (C=O) groups excluding carboxylic acids is 1. The molecule has 1 rings (SSSR count). The minimum absolute atomic E-state index is 0.307. The summed E-state index contributed by atoms with van der Waals surface area (Å²) in [4.78, 5) is 11.1. The fraction of sp³-hybridized carbons (Fsp3) is 0.222. The van der Waals surface area contributed by atoms with E-state index in [1.807, 2.05) is 0 Å². The summed E-state index contributed by atoms with van der Waals surface area (Å²) in [5.74, 6) is -3.01. The van der Waals surface area contributed by atoms with Crippen molar-refractivity contribution in [2.75, 3.05) is 13.0 Å². The van der Waals surface area contributed by atoms with Crippen molar-refractivity contribution in [1.29, 1.82) is 0 Å². The summed E-state index contributed by atoms with van der Waals surface area (Å²) in [5.41, 5.74) is -0.392. The molecule has 0 bridgehead atoms. The summed E-state index contributed by atoms with van der Waals surface area (Å²) in [6.45, 7) is 0. The molecule has 0 radical (unpaired) electrons. The third kappa shape index (κ3) is 2.01. The molecule has 0 heterocycles. The van der Waals surface area contributed by atoms with Crippen LogP contribution in [0.15, 0.2) is 12.1 Å². The van der Waals surface area contributed by atoms with Crippen molar-refractivity contribution in [1.82, 2.24) is 0 Å². The van der Waals surface area contributed by atoms with Crippen LogP contribution in [0.4, 0.5) is 8.78 Å². The summed E-state index contributed by atoms with van der Waals surface area (Å²) in [7, 11) is 1.19. The van der Waals surface area contributed by atoms with Gasteiger partial charge in [-0.25, -0.2) is 8.78 Å². The van der Waals surface area contributed by atoms with Crippen molar-refractivity contribution in [3.63, 3.8) is 0 Å². The van der Waals surface area contributed by atoms with Gasteiger partial charge in [-0.3, -0.25) is 4.79 Å². The van der Waals surface area contributed by atoms with Gasteiger partial charge in [0.15, 0.2) is 17.3 Å². The molecule has 0 aromatic heterocycles. The number of ketones is 1. The van der Waals surface area contributed by atoms with Gasteiger partial charge >= 0.3 is 0 Å². The van der Waals surface area contributed by atoms with Gasteiger partial charge in [0, 0.05) is 6.07 Å². The number of Topliss-reactive ketones (excluding diaryl/α,β-unsaturated/α-hetero) is 1. The van der Waals surface area contributed by atoms with Crippen molar-refractivity contribution >= 4 is 17.4 Å². The number of benzene rings is 1. The van der Waals surface area contributed by atoms with E-state index in [0.717, 1.165) is 12.1 Å². The number of ether oxygens (including phenoxy) is 1. The monoisotopic (exact) mass is 220 g/mol. The molecule has 0 saturated carbocycles. The molecule has 0 atom stereocenters. The highest BCUT2D eigenvalue weighted by Crippen LogP contribution is 2.22. The maximum atomic E-state index is 13.3. The molecular weight excluding hydrogens is 214 g/mol. The average molecular weight is 221 g/mol. The van der Waals surface area contributed by atoms with Crippen molar-refractivity contribution in [3.05, 3.63) is 29.3 Å². The molecule has 1 aromatic rings. The molecule has 0 spiro atoms. The fourth-order valence-corrected chi connectivity index (χ4v) is 1.13. The molecule has 0 saturated heterocycles. The molecule has 76 valence electrons. The number of halogens is 3. The van der Waals surface area contributed by atoms with Crippen LogP contribution in [0, 0.1) is 11.6 Å². The third-order valence-corrected chi connectivity index (χ3v) is 1.89. The Morgan fingerprint density at radius 3 is 2.64 bits per heavy atom. The van der Waals surface area contributed by atoms with Gasteiger partial charge in [0.25, 0.3) is 0 Å². The van der Waals surface area contributed by atoms with Gasteiger partial charge in [-0.1, -0.05) is 0 Å². The van der Waals surface area contributed by atoms with Crippen LogP contribution in [0.3, 0.4) is 0 Å². The van der Waals surface area contributed by atoms with E-state index in [1.54, 1.807) is 0 Å². The van der Waals surface area contributed by atoms with Crippen LogP contribution in [0.2, 0.25) is 0 Å². The normalized spacial score (nSPS) is 10.0. The lowest BCUT2D eigenvalue weighted by Gasteiger charge is -2.05. The smallest absolute Gasteiger partial charge is 0.180 e. The first kappa shape index (κ1) is 10.9. The van der Waals surface area contributed by atoms with E-state index in [1.165, 1.54) is 7.11 Å². The predicted molar refractivity (Wildman–Crippen MR) is 48.0 cm³/mol. The Kier molecular flexibility index (Phi) is 3.41. The second-order valence-electron chi connectivity index (χ2n) is 2.53. The summed E-state index contributed by atoms with van der Waals surface area (Å²) in [5, 5.41) is 0. The van der Waals surface area contributed by atoms with Crippen LogP contribution in [-0.4, -0.2) is 18.8 Å². The van der Waals surface area contributed by atoms with E-state index in [-0.39, 0.29) is 5.75 Å². The first-order chi connectivity index (χ1) is 6.60. The molecule has 0 amide bonds. The molecule has 0 fully saturated rings. The maximum Gasteiger partial charge on any atom is 0.180 e. The number of alkyl halides is 1. The Morgan fingerprint density at radius 2 is 2.14 bits per heavy atom. The molecule has 0 N–H and O–H groups in total. The van der Waals surface area contributed by atoms with Crippen LogP contribution in [0.5, 0.6) is 5.75 Å². The summed E-state index contributed by atoms with van der Waals surface area (Å²) in [6, 6.07) is 1.66. The van der Waals surface area contributed by atoms with Crippen LogP contribution in [0.25, 0.3) is 0 Å². The van der Waals surface area contributed by atoms with Crippen LogP contribution in [-0.2, 0) is 0 Å². The van der Waals surface area contributed by atoms with Gasteiger partial charge < -0.3 is 4.74 Å². The fourth-order valence-electron chi connectivity index (χ4n) is 0.988. The summed E-state index contributed by atoms with van der Waals surface area (Å²) >= 11 is 5.23. The second kappa shape index (κ2) is 4.37. The van der Waals surface area contributed by atoms with Crippen LogP contribution in [0.1, 0.15) is 10.4 Å². The van der Waals surface area contributed by atoms with Crippen LogP contribution >= 0.6 is 11.6 Å². The number of hydrogen-bond acceptors (Lipinski definition) is 2. The molecule has 0 aliphatic carbocycles. The zero-order chi connectivity index (χ0) is 10.7. The first-order valence-electron chi connectivity index (χ1n) is 3.72. The molecule has 2 nitrogen and oxygen atoms in total. The lowest BCUT2D eigenvalue weighted by atomic mass is 10.1. The van der Waals surface area contributed by atoms with Gasteiger partial charge in [0.1, 0.15) is 5.82 Å². The Morgan fingerprint density at radius 1 is 1.50 bits per heavy atom. The summed E-state index contributed by atoms with van der Waals surface area (Å²) in [6.07, 6.45) is 0. The van der Waals surface area contributed by atoms with Crippen LogP contribution < -0.4 is 4.74 Å². The van der Waals surface area contributed by atoms with E-state index in [2.05, 4.69) is 4.74 Å². The van der Waals surface area contributed by atoms with Gasteiger partial charge in [0.2, 0.25) is 0 Å². The molecule has 0 aliphatic rings. The Hall–Kier alpha value is -1.16. The van der Waals surface area contributed by atoms with E-state index < -0.39 is 28.9 Å². The van der Waals surface area contributed by atoms with Gasteiger partial charge in [0.05, 0.1) is 18.6 Å². The molecule has 14 heavy (non-hydrogen) atoms.